The van der Waals surface area contributed by atoms with Crippen molar-refractivity contribution in [3.05, 3.63) is 102 Å². The smallest absolute Gasteiger partial charge is 0.245 e. The number of unbranched alkanes of at least 4 members (excludes halogenated alkanes) is 1. The van der Waals surface area contributed by atoms with Crippen molar-refractivity contribution in [3.8, 4) is 5.75 Å². The molecule has 406 valence electrons. The molecule has 24 heteroatoms. The fourth-order valence-electron chi connectivity index (χ4n) is 8.16. The molecule has 1 aliphatic heterocycles. The monoisotopic (exact) mass is 1080 g/mol. The van der Waals surface area contributed by atoms with Crippen LogP contribution in [-0.4, -0.2) is 145 Å². The van der Waals surface area contributed by atoms with Gasteiger partial charge in [0.05, 0.1) is 18.2 Å². The summed E-state index contributed by atoms with van der Waals surface area (Å²) in [6.07, 6.45) is -2.60. The number of amides is 8. The summed E-state index contributed by atoms with van der Waals surface area (Å²) >= 11 is 0. The van der Waals surface area contributed by atoms with E-state index in [2.05, 4.69) is 42.2 Å². The van der Waals surface area contributed by atoms with Crippen LogP contribution in [0.2, 0.25) is 0 Å². The van der Waals surface area contributed by atoms with Crippen LogP contribution >= 0.6 is 21.6 Å². The molecule has 0 bridgehead atoms. The van der Waals surface area contributed by atoms with Crippen molar-refractivity contribution in [3.63, 3.8) is 0 Å². The quantitative estimate of drug-likeness (QED) is 0.0454. The first-order valence-corrected chi connectivity index (χ1v) is 26.8. The minimum atomic E-state index is -1.75. The summed E-state index contributed by atoms with van der Waals surface area (Å²) in [6.45, 7) is 5.75. The predicted molar refractivity (Wildman–Crippen MR) is 285 cm³/mol. The van der Waals surface area contributed by atoms with Gasteiger partial charge in [0.2, 0.25) is 47.3 Å². The van der Waals surface area contributed by atoms with Gasteiger partial charge >= 0.3 is 0 Å². The van der Waals surface area contributed by atoms with Crippen molar-refractivity contribution >= 4 is 79.7 Å². The van der Waals surface area contributed by atoms with Gasteiger partial charge in [0.1, 0.15) is 48.0 Å². The molecule has 1 saturated heterocycles. The van der Waals surface area contributed by atoms with Gasteiger partial charge in [-0.2, -0.15) is 0 Å². The van der Waals surface area contributed by atoms with Gasteiger partial charge in [-0.25, -0.2) is 0 Å². The Kier molecular flexibility index (Phi) is 21.9. The second-order valence-electron chi connectivity index (χ2n) is 19.1. The molecular weight excluding hydrogens is 1010 g/mol. The number of aromatic nitrogens is 1. The number of aliphatic hydroxyl groups is 2. The molecule has 1 aliphatic rings. The Morgan fingerprint density at radius 3 is 2.00 bits per heavy atom. The van der Waals surface area contributed by atoms with E-state index < -0.39 is 113 Å². The molecule has 0 aliphatic carbocycles. The van der Waals surface area contributed by atoms with Gasteiger partial charge in [0.25, 0.3) is 0 Å². The standard InChI is InChI=1S/C51H69N11O11S2/c1-27(63)40(43(54)66)60-50(73)42-51(3,4)75-74-26-39(59-44(67)34(53)22-29-12-6-5-7-13-29)48(71)57-37(23-30-17-19-33(65)20-18-30)46(69)58-38(25-32-24-31-14-8-9-15-35(31)55-32)47(70)56-36(16-10-11-21-52)45(68)61-41(28(2)64)49(72)62-42/h5-9,12-15,17-20,24,27-28,34,36-42,55,63-65H,10-11,16,21-23,25-26,52-53H2,1-4H3,(H2,54,66)(H,56,70)(H,57,71)(H,58,69)(H,59,67)(H,60,73)(H,61,68)(H,62,72). The van der Waals surface area contributed by atoms with Gasteiger partial charge in [0.15, 0.2) is 0 Å². The van der Waals surface area contributed by atoms with E-state index >= 15 is 0 Å². The zero-order valence-electron chi connectivity index (χ0n) is 42.2. The largest absolute Gasteiger partial charge is 0.508 e. The number of carbonyl (C=O) groups excluding carboxylic acids is 8. The number of carbonyl (C=O) groups is 8. The lowest BCUT2D eigenvalue weighted by Crippen LogP contribution is -2.65. The number of phenolic OH excluding ortho intramolecular Hbond substituents is 1. The van der Waals surface area contributed by atoms with Crippen LogP contribution in [0.1, 0.15) is 63.8 Å². The van der Waals surface area contributed by atoms with Crippen molar-refractivity contribution < 1.29 is 53.7 Å². The number of primary amides is 1. The van der Waals surface area contributed by atoms with Gasteiger partial charge in [-0.15, -0.1) is 0 Å². The number of hydrogen-bond donors (Lipinski definition) is 14. The highest BCUT2D eigenvalue weighted by Crippen LogP contribution is 2.39. The van der Waals surface area contributed by atoms with Crippen molar-refractivity contribution in [2.45, 2.75) is 132 Å². The van der Waals surface area contributed by atoms with Crippen molar-refractivity contribution in [1.82, 2.24) is 42.2 Å². The maximum atomic E-state index is 14.8. The van der Waals surface area contributed by atoms with E-state index in [9.17, 15) is 53.7 Å². The zero-order valence-corrected chi connectivity index (χ0v) is 43.8. The number of para-hydroxylation sites is 1. The Morgan fingerprint density at radius 2 is 1.37 bits per heavy atom. The number of nitrogens with one attached hydrogen (secondary N) is 8. The highest BCUT2D eigenvalue weighted by Gasteiger charge is 2.43. The minimum absolute atomic E-state index is 0.0165. The lowest BCUT2D eigenvalue weighted by molar-refractivity contribution is -0.137. The third-order valence-corrected chi connectivity index (χ3v) is 15.7. The van der Waals surface area contributed by atoms with Crippen LogP contribution in [-0.2, 0) is 57.6 Å². The summed E-state index contributed by atoms with van der Waals surface area (Å²) in [7, 11) is 1.95. The van der Waals surface area contributed by atoms with Gasteiger partial charge in [-0.3, -0.25) is 38.4 Å². The minimum Gasteiger partial charge on any atom is -0.508 e. The van der Waals surface area contributed by atoms with E-state index in [1.807, 2.05) is 24.3 Å². The van der Waals surface area contributed by atoms with Crippen molar-refractivity contribution in [1.29, 1.82) is 0 Å². The summed E-state index contributed by atoms with van der Waals surface area (Å²) in [4.78, 5) is 117. The molecule has 10 unspecified atom stereocenters. The molecule has 1 aromatic heterocycles. The number of aliphatic hydroxyl groups excluding tert-OH is 2. The van der Waals surface area contributed by atoms with Crippen molar-refractivity contribution in [2.75, 3.05) is 12.3 Å². The zero-order chi connectivity index (χ0) is 55.0. The fourth-order valence-corrected chi connectivity index (χ4v) is 11.0. The number of hydrogen-bond acceptors (Lipinski definition) is 15. The number of aromatic hydroxyl groups is 1. The van der Waals surface area contributed by atoms with Gasteiger partial charge in [-0.1, -0.05) is 82.3 Å². The molecule has 0 radical (unpaired) electrons. The Hall–Kier alpha value is -6.70. The van der Waals surface area contributed by atoms with E-state index in [0.29, 0.717) is 24.1 Å². The highest BCUT2D eigenvalue weighted by molar-refractivity contribution is 8.77. The molecule has 0 spiro atoms. The van der Waals surface area contributed by atoms with E-state index in [4.69, 9.17) is 17.2 Å². The van der Waals surface area contributed by atoms with Gasteiger partial charge in [0, 0.05) is 34.6 Å². The van der Waals surface area contributed by atoms with Crippen LogP contribution in [0.4, 0.5) is 0 Å². The molecule has 17 N–H and O–H groups in total. The van der Waals surface area contributed by atoms with Gasteiger partial charge < -0.3 is 74.7 Å². The first-order chi connectivity index (χ1) is 35.6. The number of rotatable bonds is 17. The van der Waals surface area contributed by atoms with E-state index in [0.717, 1.165) is 38.1 Å². The van der Waals surface area contributed by atoms with Crippen LogP contribution in [0.15, 0.2) is 84.9 Å². The second-order valence-corrected chi connectivity index (χ2v) is 22.0. The lowest BCUT2D eigenvalue weighted by Gasteiger charge is -2.36. The number of H-pyrrole nitrogens is 1. The molecular formula is C51H69N11O11S2. The number of fused-ring (bicyclic) bond motifs is 1. The summed E-state index contributed by atoms with van der Waals surface area (Å²) in [5.41, 5.74) is 20.2. The average Bonchev–Trinajstić information content (AvgIpc) is 3.78. The Labute approximate surface area is 442 Å². The fraction of sp³-hybridized carbons (Fsp3) is 0.451. The first kappa shape index (κ1) is 59.2. The normalized spacial score (nSPS) is 22.9. The predicted octanol–water partition coefficient (Wildman–Crippen LogP) is -0.828. The third-order valence-electron chi connectivity index (χ3n) is 12.4. The number of aromatic amines is 1. The molecule has 2 heterocycles. The molecule has 8 amide bonds. The van der Waals surface area contributed by atoms with Crippen LogP contribution in [0.25, 0.3) is 10.9 Å². The van der Waals surface area contributed by atoms with E-state index in [1.165, 1.54) is 39.8 Å². The summed E-state index contributed by atoms with van der Waals surface area (Å²) in [6, 6.07) is 12.1. The Balaban J connectivity index is 1.62. The molecule has 3 aromatic carbocycles. The van der Waals surface area contributed by atoms with Crippen LogP contribution in [0.3, 0.4) is 0 Å². The van der Waals surface area contributed by atoms with Gasteiger partial charge in [-0.05, 0) is 101 Å². The molecule has 10 atom stereocenters. The summed E-state index contributed by atoms with van der Waals surface area (Å²) in [5, 5.41) is 50.8. The average molecular weight is 1080 g/mol. The number of phenols is 1. The van der Waals surface area contributed by atoms with Crippen molar-refractivity contribution in [2.24, 2.45) is 17.2 Å². The lowest BCUT2D eigenvalue weighted by atomic mass is 9.99. The number of benzene rings is 3. The topological polar surface area (TPSA) is 375 Å². The van der Waals surface area contributed by atoms with E-state index in [1.54, 1.807) is 48.5 Å². The Bertz CT molecular complexity index is 2590. The van der Waals surface area contributed by atoms with Crippen LogP contribution < -0.4 is 54.4 Å². The molecule has 1 fully saturated rings. The maximum absolute atomic E-state index is 14.8. The number of nitrogens with two attached hydrogens (primary N) is 3. The molecule has 0 saturated carbocycles. The third kappa shape index (κ3) is 17.4. The van der Waals surface area contributed by atoms with Crippen LogP contribution in [0, 0.1) is 0 Å². The maximum Gasteiger partial charge on any atom is 0.245 e. The summed E-state index contributed by atoms with van der Waals surface area (Å²) in [5.74, 6) is -7.65. The molecule has 22 nitrogen and oxygen atoms in total. The van der Waals surface area contributed by atoms with Crippen LogP contribution in [0.5, 0.6) is 5.75 Å². The first-order valence-electron chi connectivity index (χ1n) is 24.5. The SMILES string of the molecule is CC(O)C(NC(=O)C1NC(=O)C(C(C)O)NC(=O)C(CCCCN)NC(=O)C(Cc2cc3ccccc3[nH]2)NC(=O)C(Cc2ccc(O)cc2)NC(=O)C(NC(=O)C(N)Cc2ccccc2)CSSC1(C)C)C(N)=O. The molecule has 4 aromatic rings. The molecule has 5 rings (SSSR count). The Morgan fingerprint density at radius 1 is 0.760 bits per heavy atom. The second kappa shape index (κ2) is 27.7. The summed E-state index contributed by atoms with van der Waals surface area (Å²) < 4.78 is -1.42. The molecule has 75 heavy (non-hydrogen) atoms. The highest BCUT2D eigenvalue weighted by atomic mass is 33.1. The van der Waals surface area contributed by atoms with E-state index in [-0.39, 0.29) is 43.7 Å².